The quantitative estimate of drug-likeness (QED) is 0.883. The fourth-order valence-corrected chi connectivity index (χ4v) is 2.58. The lowest BCUT2D eigenvalue weighted by molar-refractivity contribution is 0.101. The van der Waals surface area contributed by atoms with Crippen LogP contribution in [-0.2, 0) is 5.41 Å². The van der Waals surface area contributed by atoms with E-state index in [1.807, 2.05) is 20.8 Å². The highest BCUT2D eigenvalue weighted by Crippen LogP contribution is 2.26. The number of aromatic nitrogens is 2. The summed E-state index contributed by atoms with van der Waals surface area (Å²) in [6.45, 7) is 7.47. The van der Waals surface area contributed by atoms with Crippen LogP contribution in [0, 0.1) is 0 Å². The topological polar surface area (TPSA) is 72.0 Å². The van der Waals surface area contributed by atoms with E-state index in [1.54, 1.807) is 24.3 Å². The van der Waals surface area contributed by atoms with E-state index < -0.39 is 0 Å². The van der Waals surface area contributed by atoms with Gasteiger partial charge < -0.3 is 5.32 Å². The van der Waals surface area contributed by atoms with E-state index in [0.29, 0.717) is 21.8 Å². The number of hydrogen-bond donors (Lipinski definition) is 1. The van der Waals surface area contributed by atoms with Crippen molar-refractivity contribution in [1.29, 1.82) is 0 Å². The fourth-order valence-electron chi connectivity index (χ4n) is 1.81. The molecule has 0 unspecified atom stereocenters. The van der Waals surface area contributed by atoms with Gasteiger partial charge in [0.05, 0.1) is 5.69 Å². The van der Waals surface area contributed by atoms with Crippen molar-refractivity contribution in [1.82, 2.24) is 9.59 Å². The van der Waals surface area contributed by atoms with Gasteiger partial charge in [0.1, 0.15) is 4.88 Å². The minimum absolute atomic E-state index is 0.00504. The number of carbonyl (C=O) groups is 2. The van der Waals surface area contributed by atoms with Crippen molar-refractivity contribution in [3.05, 3.63) is 40.4 Å². The molecule has 0 aliphatic heterocycles. The van der Waals surface area contributed by atoms with Gasteiger partial charge in [0.2, 0.25) is 0 Å². The molecule has 2 aromatic rings. The summed E-state index contributed by atoms with van der Waals surface area (Å²) in [5.41, 5.74) is 1.70. The number of hydrogen-bond acceptors (Lipinski definition) is 5. The molecule has 0 radical (unpaired) electrons. The van der Waals surface area contributed by atoms with Gasteiger partial charge in [0.15, 0.2) is 5.78 Å². The maximum absolute atomic E-state index is 12.3. The Balaban J connectivity index is 2.19. The number of amides is 1. The molecule has 21 heavy (non-hydrogen) atoms. The van der Waals surface area contributed by atoms with Crippen molar-refractivity contribution in [2.24, 2.45) is 0 Å². The van der Waals surface area contributed by atoms with Crippen LogP contribution in [0.1, 0.15) is 53.4 Å². The third-order valence-corrected chi connectivity index (χ3v) is 3.68. The van der Waals surface area contributed by atoms with Crippen molar-refractivity contribution >= 4 is 28.9 Å². The molecular weight excluding hydrogens is 286 g/mol. The second-order valence-corrected chi connectivity index (χ2v) is 6.54. The molecule has 1 heterocycles. The zero-order chi connectivity index (χ0) is 15.6. The molecule has 0 spiro atoms. The Hall–Kier alpha value is -2.08. The Morgan fingerprint density at radius 2 is 1.76 bits per heavy atom. The summed E-state index contributed by atoms with van der Waals surface area (Å²) in [4.78, 5) is 24.0. The second kappa shape index (κ2) is 5.73. The van der Waals surface area contributed by atoms with Crippen LogP contribution in [0.25, 0.3) is 0 Å². The number of carbonyl (C=O) groups excluding carboxylic acids is 2. The Labute approximate surface area is 127 Å². The highest BCUT2D eigenvalue weighted by Gasteiger charge is 2.26. The van der Waals surface area contributed by atoms with Gasteiger partial charge in [-0.15, -0.1) is 5.10 Å². The molecule has 1 aromatic heterocycles. The van der Waals surface area contributed by atoms with Crippen LogP contribution in [0.3, 0.4) is 0 Å². The van der Waals surface area contributed by atoms with Crippen LogP contribution in [0.15, 0.2) is 24.3 Å². The van der Waals surface area contributed by atoms with Crippen molar-refractivity contribution < 1.29 is 9.59 Å². The number of anilines is 1. The van der Waals surface area contributed by atoms with Crippen LogP contribution in [0.5, 0.6) is 0 Å². The molecule has 0 saturated carbocycles. The molecule has 0 atom stereocenters. The first-order chi connectivity index (χ1) is 9.79. The highest BCUT2D eigenvalue weighted by molar-refractivity contribution is 7.08. The lowest BCUT2D eigenvalue weighted by Crippen LogP contribution is -2.19. The standard InChI is InChI=1S/C15H17N3O2S/c1-9(19)10-5-7-11(8-6-10)16-14(20)12-13(15(2,3)4)17-18-21-12/h5-8H,1-4H3,(H,16,20). The SMILES string of the molecule is CC(=O)c1ccc(NC(=O)c2snnc2C(C)(C)C)cc1. The minimum atomic E-state index is -0.238. The number of nitrogens with zero attached hydrogens (tertiary/aromatic N) is 2. The Kier molecular flexibility index (Phi) is 4.18. The van der Waals surface area contributed by atoms with Gasteiger partial charge in [-0.1, -0.05) is 25.3 Å². The zero-order valence-corrected chi connectivity index (χ0v) is 13.2. The fraction of sp³-hybridized carbons (Fsp3) is 0.333. The van der Waals surface area contributed by atoms with Crippen LogP contribution >= 0.6 is 11.5 Å². The molecule has 0 bridgehead atoms. The van der Waals surface area contributed by atoms with Crippen LogP contribution in [0.4, 0.5) is 5.69 Å². The summed E-state index contributed by atoms with van der Waals surface area (Å²) in [5.74, 6) is -0.236. The van der Waals surface area contributed by atoms with E-state index in [1.165, 1.54) is 6.92 Å². The molecule has 0 aliphatic carbocycles. The molecule has 0 aliphatic rings. The number of rotatable bonds is 3. The molecule has 1 aromatic carbocycles. The molecule has 0 saturated heterocycles. The minimum Gasteiger partial charge on any atom is -0.321 e. The average molecular weight is 303 g/mol. The van der Waals surface area contributed by atoms with Gasteiger partial charge in [0, 0.05) is 16.7 Å². The van der Waals surface area contributed by atoms with E-state index in [9.17, 15) is 9.59 Å². The summed E-state index contributed by atoms with van der Waals surface area (Å²) < 4.78 is 3.87. The van der Waals surface area contributed by atoms with Crippen LogP contribution in [0.2, 0.25) is 0 Å². The maximum Gasteiger partial charge on any atom is 0.269 e. The number of ketones is 1. The molecule has 110 valence electrons. The summed E-state index contributed by atoms with van der Waals surface area (Å²) >= 11 is 1.08. The Morgan fingerprint density at radius 3 is 2.29 bits per heavy atom. The van der Waals surface area contributed by atoms with Crippen LogP contribution < -0.4 is 5.32 Å². The van der Waals surface area contributed by atoms with Gasteiger partial charge in [-0.25, -0.2) is 0 Å². The van der Waals surface area contributed by atoms with Crippen molar-refractivity contribution in [2.45, 2.75) is 33.1 Å². The lowest BCUT2D eigenvalue weighted by Gasteiger charge is -2.16. The molecular formula is C15H17N3O2S. The first-order valence-electron chi connectivity index (χ1n) is 6.54. The zero-order valence-electron chi connectivity index (χ0n) is 12.4. The third-order valence-electron chi connectivity index (χ3n) is 2.95. The number of Topliss-reactive ketones (excluding diaryl/α,β-unsaturated/α-hetero) is 1. The summed E-state index contributed by atoms with van der Waals surface area (Å²) in [7, 11) is 0. The second-order valence-electron chi connectivity index (χ2n) is 5.79. The molecule has 6 heteroatoms. The molecule has 1 N–H and O–H groups in total. The maximum atomic E-state index is 12.3. The first-order valence-corrected chi connectivity index (χ1v) is 7.31. The van der Waals surface area contributed by atoms with E-state index in [-0.39, 0.29) is 17.1 Å². The molecule has 0 fully saturated rings. The number of benzene rings is 1. The molecule has 1 amide bonds. The average Bonchev–Trinajstić information content (AvgIpc) is 2.88. The van der Waals surface area contributed by atoms with Crippen LogP contribution in [-0.4, -0.2) is 21.3 Å². The van der Waals surface area contributed by atoms with E-state index in [2.05, 4.69) is 14.9 Å². The van der Waals surface area contributed by atoms with Gasteiger partial charge in [-0.2, -0.15) is 0 Å². The lowest BCUT2D eigenvalue weighted by atomic mass is 9.91. The summed E-state index contributed by atoms with van der Waals surface area (Å²) in [6.07, 6.45) is 0. The number of nitrogens with one attached hydrogen (secondary N) is 1. The third kappa shape index (κ3) is 3.52. The van der Waals surface area contributed by atoms with Crippen molar-refractivity contribution in [3.63, 3.8) is 0 Å². The van der Waals surface area contributed by atoms with Gasteiger partial charge in [-0.3, -0.25) is 9.59 Å². The molecule has 5 nitrogen and oxygen atoms in total. The highest BCUT2D eigenvalue weighted by atomic mass is 32.1. The predicted molar refractivity (Wildman–Crippen MR) is 83.0 cm³/mol. The van der Waals surface area contributed by atoms with Gasteiger partial charge in [-0.05, 0) is 42.7 Å². The Morgan fingerprint density at radius 1 is 1.14 bits per heavy atom. The smallest absolute Gasteiger partial charge is 0.269 e. The van der Waals surface area contributed by atoms with Crippen molar-refractivity contribution in [3.8, 4) is 0 Å². The van der Waals surface area contributed by atoms with E-state index in [0.717, 1.165) is 11.5 Å². The predicted octanol–water partition coefficient (Wildman–Crippen LogP) is 3.29. The van der Waals surface area contributed by atoms with E-state index in [4.69, 9.17) is 0 Å². The van der Waals surface area contributed by atoms with Gasteiger partial charge >= 0.3 is 0 Å². The van der Waals surface area contributed by atoms with Crippen molar-refractivity contribution in [2.75, 3.05) is 5.32 Å². The van der Waals surface area contributed by atoms with E-state index >= 15 is 0 Å². The van der Waals surface area contributed by atoms with Gasteiger partial charge in [0.25, 0.3) is 5.91 Å². The monoisotopic (exact) mass is 303 g/mol. The Bertz CT molecular complexity index is 669. The summed E-state index contributed by atoms with van der Waals surface area (Å²) in [5, 5.41) is 6.85. The first kappa shape index (κ1) is 15.3. The molecule has 2 rings (SSSR count). The largest absolute Gasteiger partial charge is 0.321 e. The normalized spacial score (nSPS) is 11.2. The summed E-state index contributed by atoms with van der Waals surface area (Å²) in [6, 6.07) is 6.79.